The Kier molecular flexibility index (Phi) is 3.46. The highest BCUT2D eigenvalue weighted by Gasteiger charge is 2.03. The SMILES string of the molecule is Brc1cnc(-c2cnn(PI)c2)nc1. The molecule has 2 aromatic rings. The molecule has 0 bridgehead atoms. The van der Waals surface area contributed by atoms with Gasteiger partial charge in [-0.3, -0.25) is 0 Å². The van der Waals surface area contributed by atoms with Crippen molar-refractivity contribution >= 4 is 44.3 Å². The van der Waals surface area contributed by atoms with Crippen LogP contribution in [-0.2, 0) is 0 Å². The zero-order chi connectivity index (χ0) is 9.97. The van der Waals surface area contributed by atoms with E-state index in [1.165, 1.54) is 0 Å². The molecule has 1 atom stereocenters. The maximum absolute atomic E-state index is 4.19. The first-order valence-electron chi connectivity index (χ1n) is 3.69. The molecule has 0 N–H and O–H groups in total. The lowest BCUT2D eigenvalue weighted by Gasteiger charge is -1.94. The van der Waals surface area contributed by atoms with Crippen molar-refractivity contribution in [3.63, 3.8) is 0 Å². The summed E-state index contributed by atoms with van der Waals surface area (Å²) in [6.07, 6.45) is 7.77. The van der Waals surface area contributed by atoms with Crippen molar-refractivity contribution in [2.45, 2.75) is 0 Å². The summed E-state index contributed by atoms with van der Waals surface area (Å²) in [5, 5.41) is 4.16. The van der Waals surface area contributed by atoms with Gasteiger partial charge in [-0.25, -0.2) is 14.4 Å². The van der Waals surface area contributed by atoms with Crippen LogP contribution in [0.1, 0.15) is 0 Å². The summed E-state index contributed by atoms with van der Waals surface area (Å²) in [6.45, 7) is 0. The van der Waals surface area contributed by atoms with Crippen molar-refractivity contribution in [1.82, 2.24) is 19.5 Å². The summed E-state index contributed by atoms with van der Waals surface area (Å²) in [6, 6.07) is 0. The summed E-state index contributed by atoms with van der Waals surface area (Å²) in [4.78, 5) is 8.37. The van der Waals surface area contributed by atoms with Crippen LogP contribution in [0.5, 0.6) is 0 Å². The third-order valence-corrected chi connectivity index (χ3v) is 3.86. The number of halogens is 2. The molecule has 0 spiro atoms. The highest BCUT2D eigenvalue weighted by molar-refractivity contribution is 14.2. The Bertz CT molecular complexity index is 430. The van der Waals surface area contributed by atoms with Crippen molar-refractivity contribution in [2.24, 2.45) is 0 Å². The van der Waals surface area contributed by atoms with Gasteiger partial charge in [0.05, 0.1) is 22.6 Å². The Morgan fingerprint density at radius 3 is 2.57 bits per heavy atom. The fraction of sp³-hybridized carbons (Fsp3) is 0. The first kappa shape index (κ1) is 10.4. The van der Waals surface area contributed by atoms with Crippen LogP contribution in [0.4, 0.5) is 0 Å². The van der Waals surface area contributed by atoms with Crippen molar-refractivity contribution in [3.8, 4) is 11.4 Å². The molecule has 0 fully saturated rings. The van der Waals surface area contributed by atoms with E-state index in [4.69, 9.17) is 0 Å². The average molecular weight is 383 g/mol. The number of hydrogen-bond acceptors (Lipinski definition) is 3. The predicted molar refractivity (Wildman–Crippen MR) is 68.7 cm³/mol. The molecule has 0 aliphatic carbocycles. The topological polar surface area (TPSA) is 43.6 Å². The second kappa shape index (κ2) is 4.63. The molecule has 2 aromatic heterocycles. The van der Waals surface area contributed by atoms with Gasteiger partial charge in [0, 0.05) is 18.6 Å². The highest BCUT2D eigenvalue weighted by atomic mass is 127. The van der Waals surface area contributed by atoms with Crippen LogP contribution in [0.15, 0.2) is 29.3 Å². The van der Waals surface area contributed by atoms with Gasteiger partial charge < -0.3 is 0 Å². The van der Waals surface area contributed by atoms with E-state index < -0.39 is 0 Å². The first-order valence-corrected chi connectivity index (χ1v) is 8.54. The van der Waals surface area contributed by atoms with Gasteiger partial charge in [-0.1, -0.05) is 0 Å². The van der Waals surface area contributed by atoms with Crippen LogP contribution in [0.3, 0.4) is 0 Å². The molecular weight excluding hydrogens is 378 g/mol. The normalized spacial score (nSPS) is 11.3. The van der Waals surface area contributed by atoms with Gasteiger partial charge in [0.1, 0.15) is 0 Å². The van der Waals surface area contributed by atoms with E-state index in [0.717, 1.165) is 10.0 Å². The maximum Gasteiger partial charge on any atom is 0.162 e. The highest BCUT2D eigenvalue weighted by Crippen LogP contribution is 2.25. The van der Waals surface area contributed by atoms with E-state index >= 15 is 0 Å². The van der Waals surface area contributed by atoms with Gasteiger partial charge >= 0.3 is 0 Å². The summed E-state index contributed by atoms with van der Waals surface area (Å²) in [7, 11) is 0. The lowest BCUT2D eigenvalue weighted by Crippen LogP contribution is -1.85. The van der Waals surface area contributed by atoms with E-state index in [9.17, 15) is 0 Å². The lowest BCUT2D eigenvalue weighted by molar-refractivity contribution is 1.01. The smallest absolute Gasteiger partial charge is 0.162 e. The Labute approximate surface area is 104 Å². The fourth-order valence-electron chi connectivity index (χ4n) is 0.946. The number of rotatable bonds is 2. The van der Waals surface area contributed by atoms with Crippen LogP contribution in [-0.4, -0.2) is 19.5 Å². The molecule has 72 valence electrons. The molecule has 0 saturated heterocycles. The van der Waals surface area contributed by atoms with Crippen LogP contribution in [0.2, 0.25) is 0 Å². The molecule has 0 aliphatic heterocycles. The van der Waals surface area contributed by atoms with Crippen molar-refractivity contribution in [3.05, 3.63) is 29.3 Å². The zero-order valence-electron chi connectivity index (χ0n) is 6.85. The standard InChI is InChI=1S/C7H5BrIN4P/c8-6-2-10-7(11-3-6)5-1-12-13(4-5)14-9/h1-4,14H. The van der Waals surface area contributed by atoms with Crippen LogP contribution in [0.25, 0.3) is 11.4 Å². The third-order valence-electron chi connectivity index (χ3n) is 1.55. The van der Waals surface area contributed by atoms with Gasteiger partial charge in [0.25, 0.3) is 0 Å². The Hall–Kier alpha value is -0.0700. The number of aromatic nitrogens is 4. The molecule has 14 heavy (non-hydrogen) atoms. The van der Waals surface area contributed by atoms with Gasteiger partial charge in [-0.15, -0.1) is 0 Å². The van der Waals surface area contributed by atoms with E-state index in [-0.39, 0.29) is 0 Å². The van der Waals surface area contributed by atoms with Gasteiger partial charge in [0.15, 0.2) is 5.82 Å². The summed E-state index contributed by atoms with van der Waals surface area (Å²) < 4.78 is 2.74. The molecule has 0 amide bonds. The minimum absolute atomic E-state index is 0.604. The molecule has 0 aromatic carbocycles. The van der Waals surface area contributed by atoms with Crippen molar-refractivity contribution < 1.29 is 0 Å². The minimum Gasteiger partial charge on any atom is -0.245 e. The van der Waals surface area contributed by atoms with Crippen LogP contribution in [0, 0.1) is 0 Å². The second-order valence-electron chi connectivity index (χ2n) is 2.48. The molecule has 0 saturated carbocycles. The van der Waals surface area contributed by atoms with E-state index in [1.54, 1.807) is 18.6 Å². The molecule has 0 aliphatic rings. The molecular formula is C7H5BrIN4P. The number of hydrogen-bond donors (Lipinski definition) is 0. The maximum atomic E-state index is 4.19. The van der Waals surface area contributed by atoms with Crippen LogP contribution < -0.4 is 0 Å². The van der Waals surface area contributed by atoms with Crippen molar-refractivity contribution in [2.75, 3.05) is 0 Å². The average Bonchev–Trinajstić information content (AvgIpc) is 2.67. The fourth-order valence-corrected chi connectivity index (χ4v) is 2.23. The summed E-state index contributed by atoms with van der Waals surface area (Å²) in [5.41, 5.74) is 0.946. The van der Waals surface area contributed by atoms with Gasteiger partial charge in [-0.2, -0.15) is 5.10 Å². The molecule has 0 radical (unpaired) electrons. The van der Waals surface area contributed by atoms with Gasteiger partial charge in [-0.05, 0) is 38.0 Å². The zero-order valence-corrected chi connectivity index (χ0v) is 11.6. The third kappa shape index (κ3) is 2.29. The lowest BCUT2D eigenvalue weighted by atomic mass is 10.3. The number of nitrogens with zero attached hydrogens (tertiary/aromatic N) is 4. The van der Waals surface area contributed by atoms with E-state index in [1.807, 2.05) is 10.6 Å². The Balaban J connectivity index is 2.34. The Morgan fingerprint density at radius 1 is 1.29 bits per heavy atom. The second-order valence-corrected chi connectivity index (χ2v) is 5.47. The molecule has 2 rings (SSSR count). The Morgan fingerprint density at radius 2 is 2.00 bits per heavy atom. The molecule has 2 heterocycles. The quantitative estimate of drug-likeness (QED) is 0.592. The van der Waals surface area contributed by atoms with Crippen molar-refractivity contribution in [1.29, 1.82) is 0 Å². The summed E-state index contributed by atoms with van der Waals surface area (Å²) >= 11 is 5.56. The molecule has 7 heteroatoms. The van der Waals surface area contributed by atoms with Crippen LogP contribution >= 0.6 is 44.3 Å². The molecule has 1 unspecified atom stereocenters. The monoisotopic (exact) mass is 382 g/mol. The van der Waals surface area contributed by atoms with E-state index in [2.05, 4.69) is 53.0 Å². The molecule has 4 nitrogen and oxygen atoms in total. The van der Waals surface area contributed by atoms with E-state index in [0.29, 0.717) is 12.2 Å². The van der Waals surface area contributed by atoms with Gasteiger partial charge in [0.2, 0.25) is 0 Å². The minimum atomic E-state index is 0.604. The first-order chi connectivity index (χ1) is 6.79. The largest absolute Gasteiger partial charge is 0.245 e. The summed E-state index contributed by atoms with van der Waals surface area (Å²) in [5.74, 6) is 0.703. The predicted octanol–water partition coefficient (Wildman–Crippen LogP) is 2.89.